The Kier molecular flexibility index (Phi) is 11.1. The van der Waals surface area contributed by atoms with Crippen molar-refractivity contribution < 1.29 is 24.9 Å². The van der Waals surface area contributed by atoms with E-state index < -0.39 is 29.5 Å². The maximum absolute atomic E-state index is 12.9. The molecule has 3 N–H and O–H groups in total. The number of Topliss-reactive ketones (excluding diaryl/α,β-unsaturated/α-hetero) is 1. The Morgan fingerprint density at radius 2 is 1.94 bits per heavy atom. The minimum absolute atomic E-state index is 0.000499. The number of carbonyl (C=O) groups is 2. The van der Waals surface area contributed by atoms with Crippen LogP contribution in [0, 0.1) is 17.3 Å². The van der Waals surface area contributed by atoms with Crippen LogP contribution in [0.25, 0.3) is 5.03 Å². The van der Waals surface area contributed by atoms with Gasteiger partial charge in [0.05, 0.1) is 17.6 Å². The number of rotatable bonds is 12. The fraction of sp³-hybridized carbons (Fsp3) is 0.481. The number of halogens is 1. The first-order valence-corrected chi connectivity index (χ1v) is 12.5. The van der Waals surface area contributed by atoms with Crippen molar-refractivity contribution >= 4 is 41.0 Å². The minimum Gasteiger partial charge on any atom is -0.481 e. The number of ketones is 1. The summed E-state index contributed by atoms with van der Waals surface area (Å²) in [4.78, 5) is 24.3. The van der Waals surface area contributed by atoms with Gasteiger partial charge in [-0.05, 0) is 38.2 Å². The highest BCUT2D eigenvalue weighted by molar-refractivity contribution is 7.80. The van der Waals surface area contributed by atoms with Gasteiger partial charge in [0.2, 0.25) is 0 Å². The van der Waals surface area contributed by atoms with Crippen molar-refractivity contribution in [2.75, 3.05) is 0 Å². The number of carbonyl (C=O) groups excluding carboxylic acids is 1. The van der Waals surface area contributed by atoms with E-state index in [1.54, 1.807) is 26.0 Å². The van der Waals surface area contributed by atoms with Gasteiger partial charge >= 0.3 is 5.97 Å². The molecule has 0 radical (unpaired) electrons. The summed E-state index contributed by atoms with van der Waals surface area (Å²) < 4.78 is 0. The highest BCUT2D eigenvalue weighted by atomic mass is 35.5. The summed E-state index contributed by atoms with van der Waals surface area (Å²) in [5.41, 5.74) is -0.0237. The second-order valence-electron chi connectivity index (χ2n) is 9.31. The lowest BCUT2D eigenvalue weighted by Crippen LogP contribution is -2.31. The van der Waals surface area contributed by atoms with Gasteiger partial charge in [0.25, 0.3) is 0 Å². The van der Waals surface area contributed by atoms with Gasteiger partial charge in [-0.15, -0.1) is 12.6 Å². The zero-order valence-electron chi connectivity index (χ0n) is 19.7. The van der Waals surface area contributed by atoms with Crippen LogP contribution in [0.1, 0.15) is 57.9 Å². The van der Waals surface area contributed by atoms with Gasteiger partial charge in [-0.25, -0.2) is 0 Å². The summed E-state index contributed by atoms with van der Waals surface area (Å²) in [5.74, 6) is -1.60. The van der Waals surface area contributed by atoms with E-state index >= 15 is 0 Å². The van der Waals surface area contributed by atoms with Crippen LogP contribution in [-0.4, -0.2) is 39.3 Å². The number of aliphatic carboxylic acids is 1. The summed E-state index contributed by atoms with van der Waals surface area (Å²) in [7, 11) is 0. The number of unbranched alkanes of at least 4 members (excludes halogenated alkanes) is 1. The number of thiol groups is 1. The Morgan fingerprint density at radius 3 is 2.62 bits per heavy atom. The molecule has 34 heavy (non-hydrogen) atoms. The Bertz CT molecular complexity index is 937. The normalized spacial score (nSPS) is 23.8. The van der Waals surface area contributed by atoms with E-state index in [-0.39, 0.29) is 18.1 Å². The summed E-state index contributed by atoms with van der Waals surface area (Å²) in [6.07, 6.45) is 10.3. The molecule has 0 bridgehead atoms. The molecule has 186 valence electrons. The maximum Gasteiger partial charge on any atom is 0.303 e. The summed E-state index contributed by atoms with van der Waals surface area (Å²) in [6.45, 7) is 3.50. The van der Waals surface area contributed by atoms with Crippen LogP contribution in [0.2, 0.25) is 0 Å². The fourth-order valence-electron chi connectivity index (χ4n) is 4.25. The molecule has 1 saturated carbocycles. The highest BCUT2D eigenvalue weighted by Crippen LogP contribution is 2.44. The van der Waals surface area contributed by atoms with Crippen molar-refractivity contribution in [2.24, 2.45) is 17.3 Å². The van der Waals surface area contributed by atoms with Gasteiger partial charge < -0.3 is 15.3 Å². The van der Waals surface area contributed by atoms with Crippen molar-refractivity contribution in [1.29, 1.82) is 0 Å². The topological polar surface area (TPSA) is 94.8 Å². The molecule has 1 unspecified atom stereocenters. The van der Waals surface area contributed by atoms with Crippen molar-refractivity contribution in [1.82, 2.24) is 0 Å². The molecule has 7 heteroatoms. The lowest BCUT2D eigenvalue weighted by molar-refractivity contribution is -0.137. The quantitative estimate of drug-likeness (QED) is 0.167. The van der Waals surface area contributed by atoms with E-state index in [4.69, 9.17) is 16.7 Å². The predicted octanol–water partition coefficient (Wildman–Crippen LogP) is 5.66. The number of benzene rings is 1. The molecule has 2 rings (SSSR count). The third-order valence-corrected chi connectivity index (χ3v) is 7.11. The van der Waals surface area contributed by atoms with Gasteiger partial charge in [0.1, 0.15) is 5.78 Å². The Morgan fingerprint density at radius 1 is 1.24 bits per heavy atom. The van der Waals surface area contributed by atoms with E-state index in [1.165, 1.54) is 0 Å². The van der Waals surface area contributed by atoms with Crippen LogP contribution >= 0.6 is 24.2 Å². The first-order chi connectivity index (χ1) is 16.1. The SMILES string of the molecule is CC1(C)C(=O)[C@H](C/C=C\CCCC(=O)O)[C@@H](/C=C/C(O)CC/C=C(\Cl)c2ccccc2S)[C@@H]1O. The number of carboxylic acids is 1. The smallest absolute Gasteiger partial charge is 0.303 e. The molecule has 0 saturated heterocycles. The summed E-state index contributed by atoms with van der Waals surface area (Å²) in [6, 6.07) is 7.53. The number of hydrogen-bond acceptors (Lipinski definition) is 5. The van der Waals surface area contributed by atoms with Crippen molar-refractivity contribution in [3.63, 3.8) is 0 Å². The van der Waals surface area contributed by atoms with Crippen LogP contribution in [-0.2, 0) is 9.59 Å². The second-order valence-corrected chi connectivity index (χ2v) is 10.2. The molecule has 1 aromatic carbocycles. The number of hydrogen-bond donors (Lipinski definition) is 4. The molecular weight excluding hydrogens is 472 g/mol. The summed E-state index contributed by atoms with van der Waals surface area (Å²) in [5, 5.41) is 30.5. The largest absolute Gasteiger partial charge is 0.481 e. The molecule has 1 aliphatic rings. The number of allylic oxidation sites excluding steroid dienone is 3. The van der Waals surface area contributed by atoms with E-state index in [2.05, 4.69) is 12.6 Å². The number of aliphatic hydroxyl groups is 2. The summed E-state index contributed by atoms with van der Waals surface area (Å²) >= 11 is 10.8. The van der Waals surface area contributed by atoms with Gasteiger partial charge in [0, 0.05) is 33.7 Å². The Balaban J connectivity index is 1.96. The van der Waals surface area contributed by atoms with Gasteiger partial charge in [0.15, 0.2) is 0 Å². The zero-order valence-corrected chi connectivity index (χ0v) is 21.4. The average Bonchev–Trinajstić information content (AvgIpc) is 2.94. The second kappa shape index (κ2) is 13.3. The minimum atomic E-state index is -0.863. The third-order valence-electron chi connectivity index (χ3n) is 6.36. The Hall–Kier alpha value is -1.86. The van der Waals surface area contributed by atoms with E-state index in [0.717, 1.165) is 10.5 Å². The molecule has 4 atom stereocenters. The molecule has 5 nitrogen and oxygen atoms in total. The van der Waals surface area contributed by atoms with E-state index in [0.29, 0.717) is 37.1 Å². The predicted molar refractivity (Wildman–Crippen MR) is 139 cm³/mol. The first-order valence-electron chi connectivity index (χ1n) is 11.6. The lowest BCUT2D eigenvalue weighted by atomic mass is 9.86. The molecule has 0 aromatic heterocycles. The first kappa shape index (κ1) is 28.4. The molecule has 1 fully saturated rings. The fourth-order valence-corrected chi connectivity index (χ4v) is 4.87. The third kappa shape index (κ3) is 7.84. The highest BCUT2D eigenvalue weighted by Gasteiger charge is 2.52. The molecule has 0 amide bonds. The van der Waals surface area contributed by atoms with Crippen LogP contribution < -0.4 is 0 Å². The van der Waals surface area contributed by atoms with Crippen LogP contribution in [0.4, 0.5) is 0 Å². The number of carboxylic acid groups (broad SMARTS) is 1. The number of aliphatic hydroxyl groups excluding tert-OH is 2. The van der Waals surface area contributed by atoms with Gasteiger partial charge in [-0.3, -0.25) is 9.59 Å². The van der Waals surface area contributed by atoms with E-state index in [1.807, 2.05) is 42.5 Å². The lowest BCUT2D eigenvalue weighted by Gasteiger charge is -2.22. The zero-order chi connectivity index (χ0) is 25.3. The molecule has 1 aliphatic carbocycles. The van der Waals surface area contributed by atoms with Crippen molar-refractivity contribution in [3.8, 4) is 0 Å². The van der Waals surface area contributed by atoms with Gasteiger partial charge in [-0.1, -0.05) is 74.0 Å². The van der Waals surface area contributed by atoms with Crippen LogP contribution in [0.5, 0.6) is 0 Å². The maximum atomic E-state index is 12.9. The van der Waals surface area contributed by atoms with Crippen molar-refractivity contribution in [3.05, 3.63) is 60.2 Å². The standard InChI is InChI=1S/C27H35ClO5S/c1-27(2)25(32)19(11-5-3-4-6-15-24(30)31)20(26(27)33)17-16-18(29)10-9-13-22(28)21-12-7-8-14-23(21)34/h3,5,7-8,12-14,16-20,26,29,33-34H,4,6,9-11,15H2,1-2H3,(H,30,31)/b5-3-,17-16+,22-13-/t18?,19-,20-,26+/m1/s1. The average molecular weight is 507 g/mol. The van der Waals surface area contributed by atoms with Gasteiger partial charge in [-0.2, -0.15) is 0 Å². The van der Waals surface area contributed by atoms with Crippen LogP contribution in [0.15, 0.2) is 59.5 Å². The monoisotopic (exact) mass is 506 g/mol. The molecule has 0 heterocycles. The molecular formula is C27H35ClO5S. The molecule has 1 aromatic rings. The van der Waals surface area contributed by atoms with E-state index in [9.17, 15) is 19.8 Å². The molecule has 0 aliphatic heterocycles. The van der Waals surface area contributed by atoms with Crippen LogP contribution in [0.3, 0.4) is 0 Å². The van der Waals surface area contributed by atoms with Crippen molar-refractivity contribution in [2.45, 2.75) is 69.5 Å². The molecule has 0 spiro atoms. The Labute approximate surface area is 212 Å².